The Hall–Kier alpha value is -2.98. The van der Waals surface area contributed by atoms with E-state index in [1.54, 1.807) is 28.4 Å². The third-order valence-electron chi connectivity index (χ3n) is 17.3. The number of unbranched alkanes of at least 4 members (excludes halogenated alkanes) is 12. The fraction of sp³-hybridized carbons (Fsp3) is 0.652. The molecule has 0 amide bonds. The molecule has 0 bridgehead atoms. The van der Waals surface area contributed by atoms with Crippen molar-refractivity contribution in [1.82, 2.24) is 0 Å². The third-order valence-corrected chi connectivity index (χ3v) is 26.3. The zero-order valence-corrected chi connectivity index (χ0v) is 59.2. The van der Waals surface area contributed by atoms with Crippen molar-refractivity contribution in [2.75, 3.05) is 111 Å². The fourth-order valence-corrected chi connectivity index (χ4v) is 16.2. The lowest BCUT2D eigenvalue weighted by molar-refractivity contribution is 0.0507. The van der Waals surface area contributed by atoms with Crippen LogP contribution >= 0.6 is 35.3 Å². The average Bonchev–Trinajstić information content (AvgIpc) is 0.811. The monoisotopic (exact) mass is 1300 g/mol. The molecule has 87 heavy (non-hydrogen) atoms. The van der Waals surface area contributed by atoms with E-state index in [9.17, 15) is 8.42 Å². The van der Waals surface area contributed by atoms with Crippen LogP contribution in [0.15, 0.2) is 94.7 Å². The quantitative estimate of drug-likeness (QED) is 0.0180. The summed E-state index contributed by atoms with van der Waals surface area (Å²) in [4.78, 5) is 2.63. The molecule has 4 aromatic rings. The molecule has 0 radical (unpaired) electrons. The highest BCUT2D eigenvalue weighted by molar-refractivity contribution is 7.99. The minimum absolute atomic E-state index is 0.00797. The van der Waals surface area contributed by atoms with Gasteiger partial charge in [-0.15, -0.1) is 23.5 Å². The number of benzene rings is 4. The third kappa shape index (κ3) is 25.6. The average molecular weight is 1300 g/mol. The van der Waals surface area contributed by atoms with Crippen LogP contribution in [-0.2, 0) is 53.2 Å². The van der Waals surface area contributed by atoms with Crippen LogP contribution in [0, 0.1) is 0 Å². The second-order valence-electron chi connectivity index (χ2n) is 25.1. The molecule has 0 fully saturated rings. The predicted molar refractivity (Wildman–Crippen MR) is 363 cm³/mol. The van der Waals surface area contributed by atoms with Crippen LogP contribution in [0.1, 0.15) is 171 Å². The first-order valence-corrected chi connectivity index (χ1v) is 39.5. The molecule has 0 saturated heterocycles. The topological polar surface area (TPSA) is 136 Å². The number of ether oxygens (including phenoxy) is 9. The molecule has 490 valence electrons. The van der Waals surface area contributed by atoms with Gasteiger partial charge in [0.25, 0.3) is 10.1 Å². The van der Waals surface area contributed by atoms with E-state index in [2.05, 4.69) is 121 Å². The van der Waals surface area contributed by atoms with Crippen molar-refractivity contribution >= 4 is 53.7 Å². The van der Waals surface area contributed by atoms with Crippen molar-refractivity contribution in [2.45, 2.75) is 188 Å². The Bertz CT molecular complexity index is 2640. The maximum absolute atomic E-state index is 11.0. The van der Waals surface area contributed by atoms with Gasteiger partial charge in [-0.1, -0.05) is 148 Å². The summed E-state index contributed by atoms with van der Waals surface area (Å²) >= 11 is 5.86. The summed E-state index contributed by atoms with van der Waals surface area (Å²) in [6.45, 7) is 19.8. The highest BCUT2D eigenvalue weighted by Gasteiger charge is 2.43. The summed E-state index contributed by atoms with van der Waals surface area (Å²) in [5, 5.41) is 0.257. The molecule has 4 atom stereocenters. The second-order valence-corrected chi connectivity index (χ2v) is 34.8. The van der Waals surface area contributed by atoms with E-state index < -0.39 is 18.4 Å². The molecule has 0 aliphatic carbocycles. The first-order valence-electron chi connectivity index (χ1n) is 31.6. The molecule has 6 rings (SSSR count). The van der Waals surface area contributed by atoms with Crippen LogP contribution in [0.4, 0.5) is 0 Å². The SMILES string of the molecule is COCOc1ccc(C2(C)CSc3cc(OCOC)ccc3C2CCCCCCCCCOS(C)(=O)=O)cc1.COCOc1ccc(C2(C)CSc3cc(OCOC)ccc3C2CCCCCCCCCSCCOCCO[Si](C)(C)C(C)(C)C)cc1. The standard InChI is InChI=1S/C39H64O6S2Si.C30H44O7S2/c1-38(2,3)48(7,8)45-24-23-42-25-27-46-26-15-13-11-9-10-12-14-16-36-35-22-21-34(44-31-41-6)28-37(35)47-29-39(36,4)32-17-19-33(20-18-32)43-30-40-5;1-30(24-13-15-25(16-14-24)35-22-33-2)21-38-29-20-26(36-23-34-3)17-18-27(29)28(30)12-10-8-6-5-7-9-11-19-37-39(4,31)32/h17-22,28,36H,9-16,23-27,29-31H2,1-8H3;13-18,20,28H,5-12,19,21-23H2,1-4H3. The van der Waals surface area contributed by atoms with Crippen molar-refractivity contribution in [3.8, 4) is 23.0 Å². The van der Waals surface area contributed by atoms with Gasteiger partial charge in [0.05, 0.1) is 32.7 Å². The summed E-state index contributed by atoms with van der Waals surface area (Å²) < 4.78 is 82.1. The second kappa shape index (κ2) is 39.4. The van der Waals surface area contributed by atoms with Crippen LogP contribution in [0.25, 0.3) is 0 Å². The summed E-state index contributed by atoms with van der Waals surface area (Å²) in [6.07, 6.45) is 20.2. The Labute approximate surface area is 539 Å². The van der Waals surface area contributed by atoms with Crippen molar-refractivity contribution in [2.24, 2.45) is 0 Å². The van der Waals surface area contributed by atoms with Gasteiger partial charge >= 0.3 is 0 Å². The van der Waals surface area contributed by atoms with Crippen LogP contribution in [0.5, 0.6) is 23.0 Å². The van der Waals surface area contributed by atoms with Crippen molar-refractivity contribution < 1.29 is 59.7 Å². The fourth-order valence-electron chi connectivity index (χ4n) is 11.1. The van der Waals surface area contributed by atoms with Gasteiger partial charge in [-0.05, 0) is 132 Å². The molecule has 13 nitrogen and oxygen atoms in total. The van der Waals surface area contributed by atoms with E-state index in [0.29, 0.717) is 18.4 Å². The lowest BCUT2D eigenvalue weighted by atomic mass is 9.68. The Morgan fingerprint density at radius 1 is 0.506 bits per heavy atom. The van der Waals surface area contributed by atoms with Crippen LogP contribution < -0.4 is 18.9 Å². The number of fused-ring (bicyclic) bond motifs is 2. The smallest absolute Gasteiger partial charge is 0.264 e. The Kier molecular flexibility index (Phi) is 33.9. The van der Waals surface area contributed by atoms with Gasteiger partial charge in [0.15, 0.2) is 35.5 Å². The number of thioether (sulfide) groups is 3. The molecular formula is C69H108O13S4Si. The van der Waals surface area contributed by atoms with Gasteiger partial charge in [0, 0.05) is 66.3 Å². The maximum Gasteiger partial charge on any atom is 0.264 e. The summed E-state index contributed by atoms with van der Waals surface area (Å²) in [5.41, 5.74) is 5.56. The Morgan fingerprint density at radius 3 is 1.31 bits per heavy atom. The van der Waals surface area contributed by atoms with Gasteiger partial charge in [-0.25, -0.2) is 0 Å². The Balaban J connectivity index is 0.000000324. The van der Waals surface area contributed by atoms with Gasteiger partial charge in [-0.3, -0.25) is 4.18 Å². The van der Waals surface area contributed by atoms with Crippen LogP contribution in [-0.4, -0.2) is 128 Å². The van der Waals surface area contributed by atoms with E-state index in [1.165, 1.54) is 108 Å². The zero-order valence-electron chi connectivity index (χ0n) is 55.0. The van der Waals surface area contributed by atoms with Crippen LogP contribution in [0.3, 0.4) is 0 Å². The largest absolute Gasteiger partial charge is 0.468 e. The number of methoxy groups -OCH3 is 4. The highest BCUT2D eigenvalue weighted by Crippen LogP contribution is 2.54. The van der Waals surface area contributed by atoms with E-state index in [1.807, 2.05) is 47.4 Å². The van der Waals surface area contributed by atoms with Gasteiger partial charge in [0.1, 0.15) is 23.0 Å². The van der Waals surface area contributed by atoms with Crippen molar-refractivity contribution in [1.29, 1.82) is 0 Å². The van der Waals surface area contributed by atoms with E-state index in [0.717, 1.165) is 91.8 Å². The van der Waals surface area contributed by atoms with Gasteiger partial charge in [0.2, 0.25) is 0 Å². The number of hydrogen-bond acceptors (Lipinski definition) is 16. The molecule has 2 heterocycles. The van der Waals surface area contributed by atoms with Gasteiger partial charge < -0.3 is 47.1 Å². The van der Waals surface area contributed by atoms with E-state index in [-0.39, 0.29) is 49.6 Å². The molecule has 2 aliphatic heterocycles. The molecule has 0 spiro atoms. The molecular weight excluding hydrogens is 1190 g/mol. The highest BCUT2D eigenvalue weighted by atomic mass is 32.2. The molecule has 0 aromatic heterocycles. The zero-order chi connectivity index (χ0) is 63.0. The summed E-state index contributed by atoms with van der Waals surface area (Å²) in [7, 11) is 1.58. The predicted octanol–water partition coefficient (Wildman–Crippen LogP) is 17.6. The number of rotatable bonds is 42. The molecule has 0 saturated carbocycles. The summed E-state index contributed by atoms with van der Waals surface area (Å²) in [5.74, 6) is 8.55. The molecule has 18 heteroatoms. The minimum Gasteiger partial charge on any atom is -0.468 e. The molecule has 0 N–H and O–H groups in total. The van der Waals surface area contributed by atoms with Crippen molar-refractivity contribution in [3.63, 3.8) is 0 Å². The molecule has 4 aromatic carbocycles. The van der Waals surface area contributed by atoms with Crippen LogP contribution in [0.2, 0.25) is 18.1 Å². The van der Waals surface area contributed by atoms with E-state index in [4.69, 9.17) is 51.2 Å². The summed E-state index contributed by atoms with van der Waals surface area (Å²) in [6, 6.07) is 30.2. The van der Waals surface area contributed by atoms with Crippen molar-refractivity contribution in [3.05, 3.63) is 107 Å². The van der Waals surface area contributed by atoms with E-state index >= 15 is 0 Å². The first-order chi connectivity index (χ1) is 41.8. The molecule has 4 unspecified atom stereocenters. The lowest BCUT2D eigenvalue weighted by Gasteiger charge is -2.43. The Morgan fingerprint density at radius 2 is 0.897 bits per heavy atom. The van der Waals surface area contributed by atoms with Gasteiger partial charge in [-0.2, -0.15) is 20.2 Å². The first kappa shape index (κ1) is 74.7. The lowest BCUT2D eigenvalue weighted by Crippen LogP contribution is -2.41. The maximum atomic E-state index is 11.0. The normalized spacial score (nSPS) is 18.5. The molecule has 2 aliphatic rings. The minimum atomic E-state index is -3.33. The number of hydrogen-bond donors (Lipinski definition) is 0.